The lowest BCUT2D eigenvalue weighted by atomic mass is 9.98. The average molecular weight is 528 g/mol. The minimum absolute atomic E-state index is 0.0532. The molecule has 1 amide bonds. The number of benzene rings is 3. The van der Waals surface area contributed by atoms with Gasteiger partial charge in [0.1, 0.15) is 6.61 Å². The van der Waals surface area contributed by atoms with Crippen molar-refractivity contribution in [3.8, 4) is 11.1 Å². The molecule has 0 atom stereocenters. The van der Waals surface area contributed by atoms with E-state index >= 15 is 0 Å². The zero-order chi connectivity index (χ0) is 21.1. The summed E-state index contributed by atoms with van der Waals surface area (Å²) in [5.41, 5.74) is 12.4. The minimum atomic E-state index is -0.440. The molecule has 3 N–H and O–H groups in total. The summed E-state index contributed by atoms with van der Waals surface area (Å²) in [7, 11) is 0. The van der Waals surface area contributed by atoms with Crippen LogP contribution in [0.3, 0.4) is 0 Å². The highest BCUT2D eigenvalue weighted by molar-refractivity contribution is 9.11. The van der Waals surface area contributed by atoms with Crippen molar-refractivity contribution in [2.75, 3.05) is 18.9 Å². The third-order valence-electron chi connectivity index (χ3n) is 5.13. The fourth-order valence-electron chi connectivity index (χ4n) is 3.72. The first-order chi connectivity index (χ1) is 14.5. The van der Waals surface area contributed by atoms with Crippen LogP contribution < -0.4 is 11.1 Å². The van der Waals surface area contributed by atoms with Crippen LogP contribution in [0, 0.1) is 0 Å². The normalized spacial score (nSPS) is 12.6. The molecule has 0 radical (unpaired) electrons. The summed E-state index contributed by atoms with van der Waals surface area (Å²) in [6.45, 7) is 0.648. The van der Waals surface area contributed by atoms with Gasteiger partial charge in [-0.25, -0.2) is 4.79 Å². The molecule has 0 fully saturated rings. The van der Waals surface area contributed by atoms with E-state index in [1.54, 1.807) is 0 Å². The van der Waals surface area contributed by atoms with Crippen LogP contribution in [0.25, 0.3) is 17.2 Å². The Morgan fingerprint density at radius 2 is 1.67 bits per heavy atom. The van der Waals surface area contributed by atoms with Gasteiger partial charge >= 0.3 is 6.09 Å². The van der Waals surface area contributed by atoms with Crippen LogP contribution in [0.15, 0.2) is 75.7 Å². The first kappa shape index (κ1) is 20.7. The highest BCUT2D eigenvalue weighted by atomic mass is 79.9. The number of nitrogens with two attached hydrogens (primary N) is 1. The van der Waals surface area contributed by atoms with Crippen molar-refractivity contribution < 1.29 is 9.53 Å². The predicted molar refractivity (Wildman–Crippen MR) is 128 cm³/mol. The molecule has 0 bridgehead atoms. The Balaban J connectivity index is 1.35. The summed E-state index contributed by atoms with van der Waals surface area (Å²) < 4.78 is 7.27. The Bertz CT molecular complexity index is 1080. The van der Waals surface area contributed by atoms with Gasteiger partial charge in [0.25, 0.3) is 0 Å². The Hall–Kier alpha value is -2.57. The van der Waals surface area contributed by atoms with Gasteiger partial charge < -0.3 is 15.8 Å². The standard InChI is InChI=1S/C24H20Br2N2O2/c25-16-12-15(23(27)22(26)13-16)6-5-11-28-24(29)30-14-21-19-9-3-1-7-17(19)18-8-2-4-10-20(18)21/h1-10,12-13,21H,11,14,27H2,(H,28,29). The lowest BCUT2D eigenvalue weighted by Gasteiger charge is -2.14. The van der Waals surface area contributed by atoms with Crippen LogP contribution >= 0.6 is 31.9 Å². The van der Waals surface area contributed by atoms with E-state index in [9.17, 15) is 4.79 Å². The molecule has 0 unspecified atom stereocenters. The number of hydrogen-bond acceptors (Lipinski definition) is 3. The van der Waals surface area contributed by atoms with E-state index in [2.05, 4.69) is 61.4 Å². The molecule has 0 aromatic heterocycles. The zero-order valence-corrected chi connectivity index (χ0v) is 19.2. The van der Waals surface area contributed by atoms with E-state index in [4.69, 9.17) is 10.5 Å². The van der Waals surface area contributed by atoms with Crippen LogP contribution in [0.2, 0.25) is 0 Å². The van der Waals surface area contributed by atoms with E-state index in [0.717, 1.165) is 14.5 Å². The molecule has 6 heteroatoms. The summed E-state index contributed by atoms with van der Waals surface area (Å²) in [4.78, 5) is 12.2. The largest absolute Gasteiger partial charge is 0.449 e. The zero-order valence-electron chi connectivity index (χ0n) is 16.1. The summed E-state index contributed by atoms with van der Waals surface area (Å²) >= 11 is 6.87. The molecular weight excluding hydrogens is 508 g/mol. The molecule has 1 aliphatic rings. The number of carbonyl (C=O) groups is 1. The van der Waals surface area contributed by atoms with Gasteiger partial charge in [0.2, 0.25) is 0 Å². The molecule has 0 aliphatic heterocycles. The van der Waals surface area contributed by atoms with Crippen molar-refractivity contribution in [3.05, 3.63) is 92.4 Å². The Labute approximate surface area is 192 Å². The third kappa shape index (κ3) is 4.30. The molecule has 3 aromatic carbocycles. The van der Waals surface area contributed by atoms with Crippen molar-refractivity contribution in [1.29, 1.82) is 0 Å². The average Bonchev–Trinajstić information content (AvgIpc) is 3.07. The number of ether oxygens (including phenoxy) is 1. The van der Waals surface area contributed by atoms with E-state index in [0.29, 0.717) is 18.8 Å². The maximum absolute atomic E-state index is 12.2. The monoisotopic (exact) mass is 526 g/mol. The van der Waals surface area contributed by atoms with Gasteiger partial charge in [0.15, 0.2) is 0 Å². The molecule has 0 spiro atoms. The molecule has 152 valence electrons. The van der Waals surface area contributed by atoms with E-state index in [1.165, 1.54) is 22.3 Å². The number of nitrogen functional groups attached to an aromatic ring is 1. The maximum Gasteiger partial charge on any atom is 0.407 e. The van der Waals surface area contributed by atoms with E-state index in [1.807, 2.05) is 48.6 Å². The second-order valence-electron chi connectivity index (χ2n) is 7.00. The van der Waals surface area contributed by atoms with Crippen LogP contribution in [0.4, 0.5) is 10.5 Å². The summed E-state index contributed by atoms with van der Waals surface area (Å²) in [5.74, 6) is 0.0532. The van der Waals surface area contributed by atoms with E-state index in [-0.39, 0.29) is 5.92 Å². The van der Waals surface area contributed by atoms with Crippen molar-refractivity contribution in [3.63, 3.8) is 0 Å². The molecular formula is C24H20Br2N2O2. The summed E-state index contributed by atoms with van der Waals surface area (Å²) in [6, 6.07) is 20.4. The Morgan fingerprint density at radius 1 is 1.03 bits per heavy atom. The number of fused-ring (bicyclic) bond motifs is 3. The SMILES string of the molecule is Nc1c(Br)cc(Br)cc1C=CCNC(=O)OCC1c2ccccc2-c2ccccc21. The van der Waals surface area contributed by atoms with Crippen LogP contribution in [0.5, 0.6) is 0 Å². The predicted octanol–water partition coefficient (Wildman–Crippen LogP) is 6.35. The highest BCUT2D eigenvalue weighted by Crippen LogP contribution is 2.44. The summed E-state index contributed by atoms with van der Waals surface area (Å²) in [5, 5.41) is 2.76. The molecule has 30 heavy (non-hydrogen) atoms. The smallest absolute Gasteiger partial charge is 0.407 e. The Kier molecular flexibility index (Phi) is 6.25. The number of nitrogens with one attached hydrogen (secondary N) is 1. The van der Waals surface area contributed by atoms with Crippen LogP contribution in [-0.2, 0) is 4.74 Å². The second-order valence-corrected chi connectivity index (χ2v) is 8.77. The van der Waals surface area contributed by atoms with Crippen molar-refractivity contribution in [1.82, 2.24) is 5.32 Å². The molecule has 1 aliphatic carbocycles. The van der Waals surface area contributed by atoms with Gasteiger partial charge in [-0.3, -0.25) is 0 Å². The fraction of sp³-hybridized carbons (Fsp3) is 0.125. The molecule has 0 heterocycles. The molecule has 4 rings (SSSR count). The van der Waals surface area contributed by atoms with Crippen molar-refractivity contribution >= 4 is 49.7 Å². The molecule has 4 nitrogen and oxygen atoms in total. The number of hydrogen-bond donors (Lipinski definition) is 2. The first-order valence-corrected chi connectivity index (χ1v) is 11.1. The maximum atomic E-state index is 12.2. The van der Waals surface area contributed by atoms with Gasteiger partial charge in [-0.15, -0.1) is 0 Å². The first-order valence-electron chi connectivity index (χ1n) is 9.54. The number of carbonyl (C=O) groups excluding carboxylic acids is 1. The van der Waals surface area contributed by atoms with Gasteiger partial charge in [-0.05, 0) is 55.9 Å². The molecule has 0 saturated heterocycles. The number of halogens is 2. The van der Waals surface area contributed by atoms with Gasteiger partial charge in [-0.1, -0.05) is 76.6 Å². The van der Waals surface area contributed by atoms with Gasteiger partial charge in [-0.2, -0.15) is 0 Å². The lowest BCUT2D eigenvalue weighted by Crippen LogP contribution is -2.26. The highest BCUT2D eigenvalue weighted by Gasteiger charge is 2.28. The molecule has 0 saturated carbocycles. The number of alkyl carbamates (subject to hydrolysis) is 1. The molecule has 3 aromatic rings. The number of rotatable bonds is 5. The Morgan fingerprint density at radius 3 is 2.33 bits per heavy atom. The number of anilines is 1. The summed E-state index contributed by atoms with van der Waals surface area (Å²) in [6.07, 6.45) is 3.27. The van der Waals surface area contributed by atoms with Gasteiger partial charge in [0.05, 0.1) is 5.69 Å². The van der Waals surface area contributed by atoms with Crippen LogP contribution in [-0.4, -0.2) is 19.2 Å². The van der Waals surface area contributed by atoms with Gasteiger partial charge in [0, 0.05) is 21.4 Å². The van der Waals surface area contributed by atoms with Crippen LogP contribution in [0.1, 0.15) is 22.6 Å². The number of amides is 1. The fourth-order valence-corrected chi connectivity index (χ4v) is 4.98. The topological polar surface area (TPSA) is 64.3 Å². The minimum Gasteiger partial charge on any atom is -0.449 e. The second kappa shape index (κ2) is 9.06. The quantitative estimate of drug-likeness (QED) is 0.380. The van der Waals surface area contributed by atoms with E-state index < -0.39 is 6.09 Å². The van der Waals surface area contributed by atoms with Crippen molar-refractivity contribution in [2.24, 2.45) is 0 Å². The van der Waals surface area contributed by atoms with Crippen molar-refractivity contribution in [2.45, 2.75) is 5.92 Å². The third-order valence-corrected chi connectivity index (χ3v) is 6.25. The lowest BCUT2D eigenvalue weighted by molar-refractivity contribution is 0.144.